The van der Waals surface area contributed by atoms with Gasteiger partial charge in [-0.05, 0) is 32.0 Å². The average molecular weight is 383 g/mol. The van der Waals surface area contributed by atoms with E-state index in [-0.39, 0.29) is 18.5 Å². The lowest BCUT2D eigenvalue weighted by molar-refractivity contribution is -0.130. The summed E-state index contributed by atoms with van der Waals surface area (Å²) < 4.78 is 12.9. The Hall–Kier alpha value is -2.80. The molecule has 2 aromatic rings. The lowest BCUT2D eigenvalue weighted by atomic mass is 10.1. The van der Waals surface area contributed by atoms with E-state index in [1.807, 2.05) is 43.0 Å². The van der Waals surface area contributed by atoms with Crippen LogP contribution in [0.1, 0.15) is 28.7 Å². The van der Waals surface area contributed by atoms with Crippen LogP contribution in [-0.4, -0.2) is 65.6 Å². The Bertz CT molecular complexity index is 926. The topological polar surface area (TPSA) is 64.0 Å². The van der Waals surface area contributed by atoms with Crippen LogP contribution in [0.3, 0.4) is 0 Å². The van der Waals surface area contributed by atoms with E-state index >= 15 is 0 Å². The van der Waals surface area contributed by atoms with E-state index in [4.69, 9.17) is 9.47 Å². The number of rotatable bonds is 4. The number of aromatic nitrogens is 1. The highest BCUT2D eigenvalue weighted by atomic mass is 16.7. The second-order valence-electron chi connectivity index (χ2n) is 7.36. The normalized spacial score (nSPS) is 16.5. The van der Waals surface area contributed by atoms with Crippen molar-refractivity contribution in [2.24, 2.45) is 0 Å². The standard InChI is InChI=1S/C21H25N3O4/c1-14-10-18(19(26)12-22-6-8-23(9-7-22)16(3)25)15(2)24(14)17-4-5-20-21(11-17)28-13-27-20/h4-5,10-11H,6-9,12-13H2,1-3H3. The Labute approximate surface area is 164 Å². The fraction of sp³-hybridized carbons (Fsp3) is 0.429. The summed E-state index contributed by atoms with van der Waals surface area (Å²) in [6.45, 7) is 8.99. The monoisotopic (exact) mass is 383 g/mol. The van der Waals surface area contributed by atoms with E-state index in [2.05, 4.69) is 9.47 Å². The fourth-order valence-corrected chi connectivity index (χ4v) is 3.98. The lowest BCUT2D eigenvalue weighted by Gasteiger charge is -2.33. The average Bonchev–Trinajstić information content (AvgIpc) is 3.25. The van der Waals surface area contributed by atoms with Crippen LogP contribution in [0, 0.1) is 13.8 Å². The van der Waals surface area contributed by atoms with Gasteiger partial charge in [0.1, 0.15) is 0 Å². The molecule has 1 saturated heterocycles. The van der Waals surface area contributed by atoms with Gasteiger partial charge in [-0.15, -0.1) is 0 Å². The Morgan fingerprint density at radius 3 is 2.43 bits per heavy atom. The smallest absolute Gasteiger partial charge is 0.231 e. The molecule has 7 nitrogen and oxygen atoms in total. The number of aryl methyl sites for hydroxylation is 1. The van der Waals surface area contributed by atoms with Crippen molar-refractivity contribution in [2.75, 3.05) is 39.5 Å². The summed E-state index contributed by atoms with van der Waals surface area (Å²) >= 11 is 0. The molecule has 28 heavy (non-hydrogen) atoms. The second-order valence-corrected chi connectivity index (χ2v) is 7.36. The van der Waals surface area contributed by atoms with Gasteiger partial charge >= 0.3 is 0 Å². The third-order valence-electron chi connectivity index (χ3n) is 5.53. The zero-order chi connectivity index (χ0) is 19.8. The minimum absolute atomic E-state index is 0.0956. The fourth-order valence-electron chi connectivity index (χ4n) is 3.98. The van der Waals surface area contributed by atoms with Gasteiger partial charge in [-0.3, -0.25) is 14.5 Å². The van der Waals surface area contributed by atoms with E-state index < -0.39 is 0 Å². The SMILES string of the molecule is CC(=O)N1CCN(CC(=O)c2cc(C)n(-c3ccc4c(c3)OCO4)c2C)CC1. The molecule has 4 rings (SSSR count). The summed E-state index contributed by atoms with van der Waals surface area (Å²) in [5, 5.41) is 0. The molecule has 0 atom stereocenters. The molecule has 1 fully saturated rings. The minimum Gasteiger partial charge on any atom is -0.454 e. The van der Waals surface area contributed by atoms with Crippen LogP contribution in [-0.2, 0) is 4.79 Å². The van der Waals surface area contributed by atoms with Crippen molar-refractivity contribution >= 4 is 11.7 Å². The molecular weight excluding hydrogens is 358 g/mol. The highest BCUT2D eigenvalue weighted by Gasteiger charge is 2.24. The van der Waals surface area contributed by atoms with Gasteiger partial charge in [-0.1, -0.05) is 0 Å². The number of hydrogen-bond donors (Lipinski definition) is 0. The van der Waals surface area contributed by atoms with Crippen molar-refractivity contribution < 1.29 is 19.1 Å². The van der Waals surface area contributed by atoms with Crippen LogP contribution in [0.5, 0.6) is 11.5 Å². The molecule has 3 heterocycles. The summed E-state index contributed by atoms with van der Waals surface area (Å²) in [6.07, 6.45) is 0. The summed E-state index contributed by atoms with van der Waals surface area (Å²) in [5.74, 6) is 1.67. The van der Waals surface area contributed by atoms with Crippen molar-refractivity contribution in [2.45, 2.75) is 20.8 Å². The Balaban J connectivity index is 1.51. The van der Waals surface area contributed by atoms with Crippen LogP contribution >= 0.6 is 0 Å². The number of Topliss-reactive ketones (excluding diaryl/α,β-unsaturated/α-hetero) is 1. The number of fused-ring (bicyclic) bond motifs is 1. The summed E-state index contributed by atoms with van der Waals surface area (Å²) in [6, 6.07) is 7.76. The molecule has 0 N–H and O–H groups in total. The molecule has 1 amide bonds. The molecule has 1 aromatic heterocycles. The number of piperazine rings is 1. The van der Waals surface area contributed by atoms with Gasteiger partial charge in [0.05, 0.1) is 6.54 Å². The number of ketones is 1. The maximum Gasteiger partial charge on any atom is 0.231 e. The molecule has 0 bridgehead atoms. The number of nitrogens with zero attached hydrogens (tertiary/aromatic N) is 3. The van der Waals surface area contributed by atoms with Gasteiger partial charge in [-0.25, -0.2) is 0 Å². The van der Waals surface area contributed by atoms with Crippen molar-refractivity contribution in [3.8, 4) is 17.2 Å². The van der Waals surface area contributed by atoms with Crippen molar-refractivity contribution in [1.82, 2.24) is 14.4 Å². The number of ether oxygens (including phenoxy) is 2. The van der Waals surface area contributed by atoms with Crippen LogP contribution in [0.15, 0.2) is 24.3 Å². The summed E-state index contributed by atoms with van der Waals surface area (Å²) in [4.78, 5) is 28.4. The Morgan fingerprint density at radius 1 is 1.00 bits per heavy atom. The van der Waals surface area contributed by atoms with Gasteiger partial charge < -0.3 is 18.9 Å². The molecule has 0 saturated carbocycles. The van der Waals surface area contributed by atoms with Gasteiger partial charge in [0.2, 0.25) is 12.7 Å². The first-order valence-electron chi connectivity index (χ1n) is 9.54. The molecule has 1 aromatic carbocycles. The van der Waals surface area contributed by atoms with Gasteiger partial charge in [-0.2, -0.15) is 0 Å². The number of amides is 1. The van der Waals surface area contributed by atoms with E-state index in [9.17, 15) is 9.59 Å². The summed E-state index contributed by atoms with van der Waals surface area (Å²) in [7, 11) is 0. The van der Waals surface area contributed by atoms with Crippen LogP contribution in [0.2, 0.25) is 0 Å². The maximum absolute atomic E-state index is 13.0. The predicted molar refractivity (Wildman–Crippen MR) is 104 cm³/mol. The van der Waals surface area contributed by atoms with Crippen molar-refractivity contribution in [1.29, 1.82) is 0 Å². The first kappa shape index (κ1) is 18.6. The first-order chi connectivity index (χ1) is 13.4. The molecular formula is C21H25N3O4. The minimum atomic E-state index is 0.0956. The Kier molecular flexibility index (Phi) is 4.85. The molecule has 148 valence electrons. The zero-order valence-electron chi connectivity index (χ0n) is 16.5. The number of carbonyl (C=O) groups excluding carboxylic acids is 2. The third-order valence-corrected chi connectivity index (χ3v) is 5.53. The van der Waals surface area contributed by atoms with Crippen molar-refractivity contribution in [3.63, 3.8) is 0 Å². The molecule has 2 aliphatic rings. The lowest BCUT2D eigenvalue weighted by Crippen LogP contribution is -2.49. The van der Waals surface area contributed by atoms with E-state index in [1.165, 1.54) is 0 Å². The highest BCUT2D eigenvalue weighted by Crippen LogP contribution is 2.35. The molecule has 0 radical (unpaired) electrons. The van der Waals surface area contributed by atoms with Crippen LogP contribution in [0.4, 0.5) is 0 Å². The number of carbonyl (C=O) groups is 2. The zero-order valence-corrected chi connectivity index (χ0v) is 16.5. The van der Waals surface area contributed by atoms with E-state index in [1.54, 1.807) is 6.92 Å². The Morgan fingerprint density at radius 2 is 1.71 bits per heavy atom. The first-order valence-corrected chi connectivity index (χ1v) is 9.54. The van der Waals surface area contributed by atoms with Crippen LogP contribution < -0.4 is 9.47 Å². The van der Waals surface area contributed by atoms with E-state index in [0.29, 0.717) is 19.6 Å². The van der Waals surface area contributed by atoms with Gasteiger partial charge in [0, 0.05) is 61.8 Å². The quantitative estimate of drug-likeness (QED) is 0.757. The van der Waals surface area contributed by atoms with Crippen LogP contribution in [0.25, 0.3) is 5.69 Å². The summed E-state index contributed by atoms with van der Waals surface area (Å²) in [5.41, 5.74) is 3.61. The molecule has 2 aliphatic heterocycles. The van der Waals surface area contributed by atoms with E-state index in [0.717, 1.165) is 47.2 Å². The number of hydrogen-bond acceptors (Lipinski definition) is 5. The van der Waals surface area contributed by atoms with Gasteiger partial charge in [0.15, 0.2) is 17.3 Å². The molecule has 0 aliphatic carbocycles. The van der Waals surface area contributed by atoms with Gasteiger partial charge in [0.25, 0.3) is 0 Å². The van der Waals surface area contributed by atoms with Crippen molar-refractivity contribution in [3.05, 3.63) is 41.2 Å². The number of benzene rings is 1. The maximum atomic E-state index is 13.0. The predicted octanol–water partition coefficient (Wildman–Crippen LogP) is 2.17. The molecule has 0 unspecified atom stereocenters. The largest absolute Gasteiger partial charge is 0.454 e. The molecule has 7 heteroatoms. The highest BCUT2D eigenvalue weighted by molar-refractivity contribution is 5.99. The third kappa shape index (κ3) is 3.38. The second kappa shape index (κ2) is 7.31. The molecule has 0 spiro atoms.